The fourth-order valence-corrected chi connectivity index (χ4v) is 3.45. The van der Waals surface area contributed by atoms with Crippen LogP contribution in [0.1, 0.15) is 17.4 Å². The number of thiophene rings is 1. The number of aromatic nitrogens is 2. The number of allylic oxidation sites excluding steroid dienone is 1. The third kappa shape index (κ3) is 1.80. The van der Waals surface area contributed by atoms with Crippen molar-refractivity contribution < 1.29 is 4.79 Å². The smallest absolute Gasteiger partial charge is 0.246 e. The van der Waals surface area contributed by atoms with Crippen molar-refractivity contribution in [3.05, 3.63) is 35.1 Å². The molecule has 0 fully saturated rings. The van der Waals surface area contributed by atoms with Crippen LogP contribution in [-0.4, -0.2) is 27.3 Å². The van der Waals surface area contributed by atoms with Crippen molar-refractivity contribution in [1.29, 1.82) is 0 Å². The molecule has 0 unspecified atom stereocenters. The highest BCUT2D eigenvalue weighted by molar-refractivity contribution is 7.18. The monoisotopic (exact) mass is 259 g/mol. The molecule has 5 heteroatoms. The van der Waals surface area contributed by atoms with Gasteiger partial charge >= 0.3 is 0 Å². The molecule has 0 atom stereocenters. The largest absolute Gasteiger partial charge is 0.334 e. The van der Waals surface area contributed by atoms with E-state index in [4.69, 9.17) is 0 Å². The molecule has 2 aromatic heterocycles. The molecule has 2 aromatic rings. The Balaban J connectivity index is 1.96. The Morgan fingerprint density at radius 3 is 3.28 bits per heavy atom. The minimum absolute atomic E-state index is 0.0895. The van der Waals surface area contributed by atoms with E-state index >= 15 is 0 Å². The van der Waals surface area contributed by atoms with Gasteiger partial charge in [-0.05, 0) is 25.0 Å². The van der Waals surface area contributed by atoms with E-state index in [9.17, 15) is 4.79 Å². The number of carbonyl (C=O) groups is 1. The van der Waals surface area contributed by atoms with Gasteiger partial charge in [-0.2, -0.15) is 0 Å². The summed E-state index contributed by atoms with van der Waals surface area (Å²) in [6.45, 7) is 3.33. The van der Waals surface area contributed by atoms with E-state index in [0.29, 0.717) is 6.54 Å². The number of amides is 1. The van der Waals surface area contributed by atoms with Crippen LogP contribution < -0.4 is 0 Å². The molecule has 0 N–H and O–H groups in total. The highest BCUT2D eigenvalue weighted by Crippen LogP contribution is 2.33. The van der Waals surface area contributed by atoms with E-state index < -0.39 is 0 Å². The van der Waals surface area contributed by atoms with Gasteiger partial charge in [0.1, 0.15) is 11.2 Å². The summed E-state index contributed by atoms with van der Waals surface area (Å²) in [5.41, 5.74) is 1.32. The van der Waals surface area contributed by atoms with Gasteiger partial charge in [0.15, 0.2) is 0 Å². The summed E-state index contributed by atoms with van der Waals surface area (Å²) < 4.78 is 0. The van der Waals surface area contributed by atoms with Crippen molar-refractivity contribution in [2.75, 3.05) is 6.54 Å². The quantitative estimate of drug-likeness (QED) is 0.737. The van der Waals surface area contributed by atoms with Gasteiger partial charge in [-0.25, -0.2) is 9.97 Å². The Kier molecular flexibility index (Phi) is 2.83. The SMILES string of the molecule is CC=CC(=O)N1CCc2c(sc3ncncc23)C1. The first-order valence-corrected chi connectivity index (χ1v) is 6.73. The van der Waals surface area contributed by atoms with E-state index in [1.54, 1.807) is 29.8 Å². The van der Waals surface area contributed by atoms with Crippen molar-refractivity contribution in [1.82, 2.24) is 14.9 Å². The molecule has 0 saturated carbocycles. The Morgan fingerprint density at radius 2 is 2.44 bits per heavy atom. The number of hydrogen-bond acceptors (Lipinski definition) is 4. The lowest BCUT2D eigenvalue weighted by molar-refractivity contribution is -0.126. The lowest BCUT2D eigenvalue weighted by Gasteiger charge is -2.25. The molecule has 0 saturated heterocycles. The van der Waals surface area contributed by atoms with Crippen molar-refractivity contribution in [3.63, 3.8) is 0 Å². The van der Waals surface area contributed by atoms with E-state index in [-0.39, 0.29) is 5.91 Å². The molecule has 3 rings (SSSR count). The third-order valence-electron chi connectivity index (χ3n) is 3.14. The van der Waals surface area contributed by atoms with Gasteiger partial charge in [-0.15, -0.1) is 11.3 Å². The van der Waals surface area contributed by atoms with E-state index in [0.717, 1.165) is 23.2 Å². The average molecular weight is 259 g/mol. The lowest BCUT2D eigenvalue weighted by atomic mass is 10.1. The van der Waals surface area contributed by atoms with Crippen LogP contribution in [0, 0.1) is 0 Å². The van der Waals surface area contributed by atoms with Crippen LogP contribution in [0.2, 0.25) is 0 Å². The minimum atomic E-state index is 0.0895. The van der Waals surface area contributed by atoms with Crippen LogP contribution in [-0.2, 0) is 17.8 Å². The summed E-state index contributed by atoms with van der Waals surface area (Å²) in [4.78, 5) is 24.4. The molecule has 4 nitrogen and oxygen atoms in total. The number of hydrogen-bond donors (Lipinski definition) is 0. The Bertz CT molecular complexity index is 632. The molecular weight excluding hydrogens is 246 g/mol. The second-order valence-corrected chi connectivity index (χ2v) is 5.34. The minimum Gasteiger partial charge on any atom is -0.334 e. The van der Waals surface area contributed by atoms with Crippen LogP contribution in [0.3, 0.4) is 0 Å². The molecule has 0 radical (unpaired) electrons. The first kappa shape index (κ1) is 11.3. The van der Waals surface area contributed by atoms with Crippen molar-refractivity contribution in [2.45, 2.75) is 19.9 Å². The van der Waals surface area contributed by atoms with Gasteiger partial charge < -0.3 is 4.90 Å². The summed E-state index contributed by atoms with van der Waals surface area (Å²) in [6, 6.07) is 0. The van der Waals surface area contributed by atoms with E-state index in [1.807, 2.05) is 18.0 Å². The molecule has 0 spiro atoms. The number of rotatable bonds is 1. The fourth-order valence-electron chi connectivity index (χ4n) is 2.27. The number of carbonyl (C=O) groups excluding carboxylic acids is 1. The Hall–Kier alpha value is -1.75. The van der Waals surface area contributed by atoms with Crippen molar-refractivity contribution in [3.8, 4) is 0 Å². The Labute approximate surface area is 109 Å². The normalized spacial score (nSPS) is 15.3. The molecule has 0 aliphatic carbocycles. The summed E-state index contributed by atoms with van der Waals surface area (Å²) in [5, 5.41) is 1.15. The predicted octanol–water partition coefficient (Wildman–Crippen LogP) is 2.15. The topological polar surface area (TPSA) is 46.1 Å². The molecule has 0 aromatic carbocycles. The highest BCUT2D eigenvalue weighted by Gasteiger charge is 2.23. The molecule has 3 heterocycles. The zero-order valence-electron chi connectivity index (χ0n) is 10.1. The zero-order valence-corrected chi connectivity index (χ0v) is 10.9. The van der Waals surface area contributed by atoms with Crippen LogP contribution in [0.15, 0.2) is 24.7 Å². The molecule has 18 heavy (non-hydrogen) atoms. The molecule has 1 aliphatic rings. The summed E-state index contributed by atoms with van der Waals surface area (Å²) in [7, 11) is 0. The third-order valence-corrected chi connectivity index (χ3v) is 4.28. The van der Waals surface area contributed by atoms with Gasteiger partial charge in [-0.3, -0.25) is 4.79 Å². The van der Waals surface area contributed by atoms with Crippen LogP contribution in [0.4, 0.5) is 0 Å². The van der Waals surface area contributed by atoms with Gasteiger partial charge in [0.25, 0.3) is 0 Å². The van der Waals surface area contributed by atoms with Crippen molar-refractivity contribution >= 4 is 27.5 Å². The maximum atomic E-state index is 11.8. The van der Waals surface area contributed by atoms with Crippen molar-refractivity contribution in [2.24, 2.45) is 0 Å². The predicted molar refractivity (Wildman–Crippen MR) is 71.4 cm³/mol. The first-order valence-electron chi connectivity index (χ1n) is 5.91. The Morgan fingerprint density at radius 1 is 1.56 bits per heavy atom. The van der Waals surface area contributed by atoms with Gasteiger partial charge in [-0.1, -0.05) is 6.08 Å². The zero-order chi connectivity index (χ0) is 12.5. The molecule has 92 valence electrons. The summed E-state index contributed by atoms with van der Waals surface area (Å²) >= 11 is 1.67. The van der Waals surface area contributed by atoms with Crippen LogP contribution in [0.25, 0.3) is 10.2 Å². The molecule has 1 aliphatic heterocycles. The molecule has 1 amide bonds. The maximum Gasteiger partial charge on any atom is 0.246 e. The van der Waals surface area contributed by atoms with E-state index in [2.05, 4.69) is 9.97 Å². The molecule has 0 bridgehead atoms. The second kappa shape index (κ2) is 4.49. The number of fused-ring (bicyclic) bond motifs is 3. The second-order valence-electron chi connectivity index (χ2n) is 4.26. The van der Waals surface area contributed by atoms with Crippen LogP contribution in [0.5, 0.6) is 0 Å². The van der Waals surface area contributed by atoms with Gasteiger partial charge in [0, 0.05) is 23.0 Å². The van der Waals surface area contributed by atoms with Crippen LogP contribution >= 0.6 is 11.3 Å². The van der Waals surface area contributed by atoms with E-state index in [1.165, 1.54) is 10.4 Å². The summed E-state index contributed by atoms with van der Waals surface area (Å²) in [6.07, 6.45) is 7.76. The standard InChI is InChI=1S/C13H13N3OS/c1-2-3-12(17)16-5-4-9-10-6-14-8-15-13(10)18-11(9)7-16/h2-3,6,8H,4-5,7H2,1H3. The fraction of sp³-hybridized carbons (Fsp3) is 0.308. The molecular formula is C13H13N3OS. The van der Waals surface area contributed by atoms with Gasteiger partial charge in [0.05, 0.1) is 6.54 Å². The number of nitrogens with zero attached hydrogens (tertiary/aromatic N) is 3. The maximum absolute atomic E-state index is 11.8. The highest BCUT2D eigenvalue weighted by atomic mass is 32.1. The van der Waals surface area contributed by atoms with Gasteiger partial charge in [0.2, 0.25) is 5.91 Å². The lowest BCUT2D eigenvalue weighted by Crippen LogP contribution is -2.34. The summed E-state index contributed by atoms with van der Waals surface area (Å²) in [5.74, 6) is 0.0895. The average Bonchev–Trinajstić information content (AvgIpc) is 2.76. The first-order chi connectivity index (χ1) is 8.79.